The van der Waals surface area contributed by atoms with Crippen molar-refractivity contribution in [3.63, 3.8) is 0 Å². The zero-order valence-electron chi connectivity index (χ0n) is 13.5. The molecule has 0 radical (unpaired) electrons. The summed E-state index contributed by atoms with van der Waals surface area (Å²) in [6.07, 6.45) is 2.36. The van der Waals surface area contributed by atoms with E-state index in [0.29, 0.717) is 19.5 Å². The molecule has 0 saturated carbocycles. The van der Waals surface area contributed by atoms with Crippen LogP contribution in [0.4, 0.5) is 0 Å². The van der Waals surface area contributed by atoms with Gasteiger partial charge in [0.25, 0.3) is 0 Å². The number of nitrogens with zero attached hydrogens (tertiary/aromatic N) is 2. The Kier molecular flexibility index (Phi) is 5.72. The summed E-state index contributed by atoms with van der Waals surface area (Å²) in [5.74, 6) is 1.04. The van der Waals surface area contributed by atoms with E-state index in [2.05, 4.69) is 32.3 Å². The van der Waals surface area contributed by atoms with E-state index >= 15 is 0 Å². The number of amides is 1. The van der Waals surface area contributed by atoms with Crippen LogP contribution in [-0.4, -0.2) is 28.0 Å². The molecule has 0 aliphatic heterocycles. The van der Waals surface area contributed by atoms with Crippen molar-refractivity contribution in [1.82, 2.24) is 20.2 Å². The lowest BCUT2D eigenvalue weighted by Gasteiger charge is -2.12. The quantitative estimate of drug-likeness (QED) is 0.771. The highest BCUT2D eigenvalue weighted by Crippen LogP contribution is 2.14. The Morgan fingerprint density at radius 2 is 2.00 bits per heavy atom. The van der Waals surface area contributed by atoms with Crippen LogP contribution >= 0.6 is 0 Å². The molecule has 1 heterocycles. The third-order valence-corrected chi connectivity index (χ3v) is 3.31. The fourth-order valence-corrected chi connectivity index (χ4v) is 2.36. The second-order valence-corrected chi connectivity index (χ2v) is 5.62. The van der Waals surface area contributed by atoms with Crippen LogP contribution in [0.1, 0.15) is 31.8 Å². The highest BCUT2D eigenvalue weighted by molar-refractivity contribution is 5.76. The minimum absolute atomic E-state index is 0.0789. The maximum atomic E-state index is 11.6. The molecule has 22 heavy (non-hydrogen) atoms. The fraction of sp³-hybridized carbons (Fsp3) is 0.412. The first kappa shape index (κ1) is 16.2. The largest absolute Gasteiger partial charge is 0.354 e. The summed E-state index contributed by atoms with van der Waals surface area (Å²) in [6, 6.07) is 10.4. The second kappa shape index (κ2) is 7.75. The van der Waals surface area contributed by atoms with Crippen molar-refractivity contribution in [2.45, 2.75) is 39.8 Å². The van der Waals surface area contributed by atoms with Crippen LogP contribution in [-0.2, 0) is 11.3 Å². The minimum atomic E-state index is 0.0789. The van der Waals surface area contributed by atoms with Crippen LogP contribution in [0, 0.1) is 6.92 Å². The number of hydrogen-bond donors (Lipinski definition) is 2. The van der Waals surface area contributed by atoms with E-state index in [9.17, 15) is 4.79 Å². The maximum Gasteiger partial charge on any atom is 0.221 e. The molecule has 118 valence electrons. The zero-order valence-corrected chi connectivity index (χ0v) is 13.5. The van der Waals surface area contributed by atoms with Crippen LogP contribution < -0.4 is 10.6 Å². The van der Waals surface area contributed by atoms with Gasteiger partial charge in [-0.1, -0.05) is 18.2 Å². The van der Waals surface area contributed by atoms with Crippen LogP contribution in [0.3, 0.4) is 0 Å². The molecule has 0 aliphatic carbocycles. The predicted molar refractivity (Wildman–Crippen MR) is 87.9 cm³/mol. The van der Waals surface area contributed by atoms with Gasteiger partial charge in [-0.15, -0.1) is 0 Å². The number of rotatable bonds is 7. The van der Waals surface area contributed by atoms with Crippen molar-refractivity contribution in [3.8, 4) is 5.69 Å². The molecule has 0 spiro atoms. The zero-order chi connectivity index (χ0) is 15.9. The Balaban J connectivity index is 1.91. The predicted octanol–water partition coefficient (Wildman–Crippen LogP) is 2.19. The Bertz CT molecular complexity index is 604. The standard InChI is InChI=1S/C17H24N4O/c1-13(2)20-17(22)9-10-18-11-16-12-19-14(3)21(16)15-7-5-4-6-8-15/h4-8,12-13,18H,9-11H2,1-3H3,(H,20,22). The number of benzene rings is 1. The summed E-state index contributed by atoms with van der Waals surface area (Å²) in [4.78, 5) is 16.0. The topological polar surface area (TPSA) is 59.0 Å². The number of para-hydroxylation sites is 1. The van der Waals surface area contributed by atoms with Gasteiger partial charge in [0.15, 0.2) is 0 Å². The molecule has 0 aliphatic rings. The third kappa shape index (κ3) is 4.43. The average Bonchev–Trinajstić information content (AvgIpc) is 2.85. The molecule has 2 rings (SSSR count). The smallest absolute Gasteiger partial charge is 0.221 e. The highest BCUT2D eigenvalue weighted by Gasteiger charge is 2.08. The van der Waals surface area contributed by atoms with E-state index in [1.54, 1.807) is 0 Å². The molecule has 5 heteroatoms. The van der Waals surface area contributed by atoms with E-state index in [0.717, 1.165) is 17.2 Å². The second-order valence-electron chi connectivity index (χ2n) is 5.62. The van der Waals surface area contributed by atoms with E-state index in [-0.39, 0.29) is 11.9 Å². The van der Waals surface area contributed by atoms with Gasteiger partial charge in [-0.3, -0.25) is 9.36 Å². The van der Waals surface area contributed by atoms with Gasteiger partial charge in [-0.2, -0.15) is 0 Å². The molecule has 0 fully saturated rings. The number of aryl methyl sites for hydroxylation is 1. The molecule has 1 aromatic carbocycles. The molecular formula is C17H24N4O. The van der Waals surface area contributed by atoms with Gasteiger partial charge in [0.1, 0.15) is 5.82 Å². The van der Waals surface area contributed by atoms with Crippen molar-refractivity contribution >= 4 is 5.91 Å². The molecule has 2 N–H and O–H groups in total. The average molecular weight is 300 g/mol. The van der Waals surface area contributed by atoms with Gasteiger partial charge in [-0.05, 0) is 32.9 Å². The van der Waals surface area contributed by atoms with Gasteiger partial charge in [-0.25, -0.2) is 4.98 Å². The molecule has 0 bridgehead atoms. The Labute approximate surface area is 131 Å². The van der Waals surface area contributed by atoms with Gasteiger partial charge < -0.3 is 10.6 Å². The summed E-state index contributed by atoms with van der Waals surface area (Å²) in [5, 5.41) is 6.19. The van der Waals surface area contributed by atoms with E-state index in [1.807, 2.05) is 45.2 Å². The lowest BCUT2D eigenvalue weighted by atomic mass is 10.3. The first-order valence-electron chi connectivity index (χ1n) is 7.66. The molecular weight excluding hydrogens is 276 g/mol. The number of carbonyl (C=O) groups excluding carboxylic acids is 1. The van der Waals surface area contributed by atoms with E-state index in [4.69, 9.17) is 0 Å². The van der Waals surface area contributed by atoms with Crippen LogP contribution in [0.15, 0.2) is 36.5 Å². The Morgan fingerprint density at radius 3 is 2.68 bits per heavy atom. The number of carbonyl (C=O) groups is 1. The number of aromatic nitrogens is 2. The molecule has 0 atom stereocenters. The summed E-state index contributed by atoms with van der Waals surface area (Å²) < 4.78 is 2.13. The SMILES string of the molecule is Cc1ncc(CNCCC(=O)NC(C)C)n1-c1ccccc1. The summed E-state index contributed by atoms with van der Waals surface area (Å²) in [5.41, 5.74) is 2.19. The monoisotopic (exact) mass is 300 g/mol. The lowest BCUT2D eigenvalue weighted by molar-refractivity contribution is -0.121. The van der Waals surface area contributed by atoms with Crippen LogP contribution in [0.5, 0.6) is 0 Å². The van der Waals surface area contributed by atoms with Crippen molar-refractivity contribution < 1.29 is 4.79 Å². The van der Waals surface area contributed by atoms with E-state index < -0.39 is 0 Å². The maximum absolute atomic E-state index is 11.6. The van der Waals surface area contributed by atoms with Gasteiger partial charge in [0.2, 0.25) is 5.91 Å². The Hall–Kier alpha value is -2.14. The number of imidazole rings is 1. The molecule has 1 aromatic heterocycles. The van der Waals surface area contributed by atoms with Crippen molar-refractivity contribution in [2.75, 3.05) is 6.54 Å². The molecule has 5 nitrogen and oxygen atoms in total. The summed E-state index contributed by atoms with van der Waals surface area (Å²) in [6.45, 7) is 7.26. The van der Waals surface area contributed by atoms with Gasteiger partial charge >= 0.3 is 0 Å². The summed E-state index contributed by atoms with van der Waals surface area (Å²) >= 11 is 0. The van der Waals surface area contributed by atoms with Crippen LogP contribution in [0.2, 0.25) is 0 Å². The summed E-state index contributed by atoms with van der Waals surface area (Å²) in [7, 11) is 0. The first-order valence-corrected chi connectivity index (χ1v) is 7.66. The molecule has 2 aromatic rings. The highest BCUT2D eigenvalue weighted by atomic mass is 16.1. The minimum Gasteiger partial charge on any atom is -0.354 e. The van der Waals surface area contributed by atoms with Gasteiger partial charge in [0, 0.05) is 31.2 Å². The fourth-order valence-electron chi connectivity index (χ4n) is 2.36. The lowest BCUT2D eigenvalue weighted by Crippen LogP contribution is -2.32. The Morgan fingerprint density at radius 1 is 1.27 bits per heavy atom. The molecule has 1 amide bonds. The van der Waals surface area contributed by atoms with Gasteiger partial charge in [0.05, 0.1) is 11.9 Å². The van der Waals surface area contributed by atoms with Crippen LogP contribution in [0.25, 0.3) is 5.69 Å². The number of nitrogens with one attached hydrogen (secondary N) is 2. The van der Waals surface area contributed by atoms with Crippen molar-refractivity contribution in [1.29, 1.82) is 0 Å². The molecule has 0 unspecified atom stereocenters. The van der Waals surface area contributed by atoms with Crippen molar-refractivity contribution in [2.24, 2.45) is 0 Å². The first-order chi connectivity index (χ1) is 10.6. The van der Waals surface area contributed by atoms with E-state index in [1.165, 1.54) is 0 Å². The third-order valence-electron chi connectivity index (χ3n) is 3.31. The normalized spacial score (nSPS) is 10.9. The number of hydrogen-bond acceptors (Lipinski definition) is 3. The van der Waals surface area contributed by atoms with Crippen molar-refractivity contribution in [3.05, 3.63) is 48.0 Å². The molecule has 0 saturated heterocycles.